The summed E-state index contributed by atoms with van der Waals surface area (Å²) >= 11 is 0. The molecule has 2 aromatic heterocycles. The van der Waals surface area contributed by atoms with Gasteiger partial charge in [-0.05, 0) is 57.8 Å². The Balaban J connectivity index is 1.33. The van der Waals surface area contributed by atoms with E-state index < -0.39 is 5.41 Å². The van der Waals surface area contributed by atoms with Gasteiger partial charge in [0.25, 0.3) is 0 Å². The van der Waals surface area contributed by atoms with Gasteiger partial charge in [0.05, 0.1) is 27.7 Å². The number of fused-ring (bicyclic) bond motifs is 10. The van der Waals surface area contributed by atoms with Crippen LogP contribution >= 0.6 is 0 Å². The summed E-state index contributed by atoms with van der Waals surface area (Å²) in [6.07, 6.45) is 8.39. The number of hydrogen-bond acceptors (Lipinski definition) is 2. The summed E-state index contributed by atoms with van der Waals surface area (Å²) in [5.74, 6) is 0.656. The van der Waals surface area contributed by atoms with Gasteiger partial charge in [0.1, 0.15) is 0 Å². The van der Waals surface area contributed by atoms with Gasteiger partial charge in [-0.2, -0.15) is 0 Å². The van der Waals surface area contributed by atoms with E-state index in [0.717, 1.165) is 44.2 Å². The predicted molar refractivity (Wildman–Crippen MR) is 222 cm³/mol. The summed E-state index contributed by atoms with van der Waals surface area (Å²) in [6, 6.07) is 56.4. The highest BCUT2D eigenvalue weighted by Gasteiger charge is 2.46. The molecule has 10 rings (SSSR count). The van der Waals surface area contributed by atoms with Crippen molar-refractivity contribution in [3.63, 3.8) is 0 Å². The highest BCUT2D eigenvalue weighted by Crippen LogP contribution is 2.58. The number of aromatic nitrogens is 3. The second-order valence-electron chi connectivity index (χ2n) is 13.7. The topological polar surface area (TPSA) is 30.7 Å². The highest BCUT2D eigenvalue weighted by molar-refractivity contribution is 6.21. The van der Waals surface area contributed by atoms with Crippen LogP contribution < -0.4 is 0 Å². The van der Waals surface area contributed by atoms with Gasteiger partial charge in [-0.15, -0.1) is 0 Å². The summed E-state index contributed by atoms with van der Waals surface area (Å²) in [6.45, 7) is 6.82. The summed E-state index contributed by atoms with van der Waals surface area (Å²) in [5.41, 5.74) is 11.7. The number of allylic oxidation sites excluding steroid dienone is 5. The van der Waals surface area contributed by atoms with Crippen LogP contribution in [-0.4, -0.2) is 14.5 Å². The second kappa shape index (κ2) is 12.1. The van der Waals surface area contributed by atoms with E-state index in [0.29, 0.717) is 5.95 Å². The van der Waals surface area contributed by atoms with Crippen LogP contribution in [0, 0.1) is 0 Å². The molecule has 9 aromatic rings. The lowest BCUT2D eigenvalue weighted by atomic mass is 9.67. The molecule has 0 N–H and O–H groups in total. The monoisotopic (exact) mass is 677 g/mol. The van der Waals surface area contributed by atoms with Crippen molar-refractivity contribution in [1.82, 2.24) is 14.5 Å². The number of benzene rings is 7. The molecule has 3 nitrogen and oxygen atoms in total. The maximum absolute atomic E-state index is 5.38. The molecule has 1 aliphatic carbocycles. The maximum atomic E-state index is 5.38. The molecule has 2 heterocycles. The molecule has 0 bridgehead atoms. The van der Waals surface area contributed by atoms with E-state index in [4.69, 9.17) is 16.5 Å². The normalized spacial score (nSPS) is 15.3. The lowest BCUT2D eigenvalue weighted by molar-refractivity contribution is 0.771. The minimum atomic E-state index is -0.562. The fraction of sp³-hybridized carbons (Fsp3) is 0.0400. The maximum Gasteiger partial charge on any atom is 0.235 e. The Labute approximate surface area is 308 Å². The summed E-state index contributed by atoms with van der Waals surface area (Å²) < 4.78 is 2.28. The molecule has 7 aromatic carbocycles. The molecule has 0 fully saturated rings. The second-order valence-corrected chi connectivity index (χ2v) is 13.7. The molecular weight excluding hydrogens is 643 g/mol. The van der Waals surface area contributed by atoms with Gasteiger partial charge < -0.3 is 0 Å². The van der Waals surface area contributed by atoms with Gasteiger partial charge in [-0.1, -0.05) is 176 Å². The van der Waals surface area contributed by atoms with Crippen molar-refractivity contribution in [3.8, 4) is 28.3 Å². The van der Waals surface area contributed by atoms with Crippen LogP contribution in [0.4, 0.5) is 0 Å². The van der Waals surface area contributed by atoms with Crippen molar-refractivity contribution >= 4 is 43.5 Å². The lowest BCUT2D eigenvalue weighted by Crippen LogP contribution is -2.28. The number of nitrogens with zero attached hydrogens (tertiary/aromatic N) is 3. The molecule has 0 amide bonds. The van der Waals surface area contributed by atoms with Gasteiger partial charge in [-0.25, -0.2) is 9.97 Å². The molecule has 53 heavy (non-hydrogen) atoms. The van der Waals surface area contributed by atoms with Gasteiger partial charge >= 0.3 is 0 Å². The van der Waals surface area contributed by atoms with Crippen molar-refractivity contribution in [2.75, 3.05) is 0 Å². The molecule has 1 unspecified atom stereocenters. The van der Waals surface area contributed by atoms with Gasteiger partial charge in [-0.3, -0.25) is 4.57 Å². The Morgan fingerprint density at radius 1 is 0.585 bits per heavy atom. The average molecular weight is 678 g/mol. The summed E-state index contributed by atoms with van der Waals surface area (Å²) in [7, 11) is 0. The largest absolute Gasteiger partial charge is 0.277 e. The molecule has 0 saturated heterocycles. The van der Waals surface area contributed by atoms with Crippen LogP contribution in [0.2, 0.25) is 0 Å². The molecule has 1 atom stereocenters. The minimum absolute atomic E-state index is 0.562. The van der Waals surface area contributed by atoms with Crippen molar-refractivity contribution in [1.29, 1.82) is 0 Å². The third kappa shape index (κ3) is 4.47. The number of hydrogen-bond donors (Lipinski definition) is 0. The van der Waals surface area contributed by atoms with E-state index in [2.05, 4.69) is 181 Å². The average Bonchev–Trinajstić information content (AvgIpc) is 3.72. The molecule has 0 saturated carbocycles. The third-order valence-corrected chi connectivity index (χ3v) is 11.0. The Kier molecular flexibility index (Phi) is 7.09. The molecule has 0 spiro atoms. The van der Waals surface area contributed by atoms with Crippen LogP contribution in [-0.2, 0) is 5.41 Å². The standard InChI is InChI=1S/C50H35N3/c1-3-4-7-18-33(2)50(35-21-10-6-11-22-35)42-26-15-12-24-40(42)46-37-29-30-38-36-23-14-17-28-45(36)53(48(38)39(37)31-32-43(46)50)49-51-44-27-16-13-25-41(44)47(52-49)34-19-8-5-9-20-34/h3-32H,2H2,1H3/b4-3-,18-7-. The van der Waals surface area contributed by atoms with Crippen LogP contribution in [0.15, 0.2) is 194 Å². The van der Waals surface area contributed by atoms with Crippen molar-refractivity contribution in [2.45, 2.75) is 12.3 Å². The summed E-state index contributed by atoms with van der Waals surface area (Å²) in [5, 5.41) is 5.72. The first-order valence-corrected chi connectivity index (χ1v) is 18.2. The highest BCUT2D eigenvalue weighted by atomic mass is 15.2. The van der Waals surface area contributed by atoms with Gasteiger partial charge in [0.2, 0.25) is 5.95 Å². The molecule has 0 aliphatic heterocycles. The zero-order chi connectivity index (χ0) is 35.5. The minimum Gasteiger partial charge on any atom is -0.277 e. The first-order chi connectivity index (χ1) is 26.2. The van der Waals surface area contributed by atoms with Crippen molar-refractivity contribution in [2.24, 2.45) is 0 Å². The van der Waals surface area contributed by atoms with Crippen molar-refractivity contribution < 1.29 is 0 Å². The predicted octanol–water partition coefficient (Wildman–Crippen LogP) is 12.6. The molecule has 0 radical (unpaired) electrons. The Morgan fingerprint density at radius 2 is 1.25 bits per heavy atom. The van der Waals surface area contributed by atoms with Crippen LogP contribution in [0.5, 0.6) is 0 Å². The molecule has 3 heteroatoms. The summed E-state index contributed by atoms with van der Waals surface area (Å²) in [4.78, 5) is 10.6. The van der Waals surface area contributed by atoms with Crippen LogP contribution in [0.1, 0.15) is 23.6 Å². The first kappa shape index (κ1) is 30.9. The van der Waals surface area contributed by atoms with E-state index in [-0.39, 0.29) is 0 Å². The number of para-hydroxylation sites is 2. The molecule has 1 aliphatic rings. The fourth-order valence-electron chi connectivity index (χ4n) is 8.77. The number of rotatable bonds is 6. The van der Waals surface area contributed by atoms with Crippen molar-refractivity contribution in [3.05, 3.63) is 211 Å². The quantitative estimate of drug-likeness (QED) is 0.164. The lowest BCUT2D eigenvalue weighted by Gasteiger charge is -2.34. The van der Waals surface area contributed by atoms with E-state index in [9.17, 15) is 0 Å². The molecular formula is C50H35N3. The van der Waals surface area contributed by atoms with Crippen LogP contribution in [0.3, 0.4) is 0 Å². The Morgan fingerprint density at radius 3 is 2.08 bits per heavy atom. The van der Waals surface area contributed by atoms with Crippen LogP contribution in [0.25, 0.3) is 71.8 Å². The van der Waals surface area contributed by atoms with Gasteiger partial charge in [0.15, 0.2) is 0 Å². The van der Waals surface area contributed by atoms with E-state index in [1.807, 2.05) is 13.0 Å². The smallest absolute Gasteiger partial charge is 0.235 e. The zero-order valence-corrected chi connectivity index (χ0v) is 29.4. The third-order valence-electron chi connectivity index (χ3n) is 11.0. The Hall–Kier alpha value is -6.84. The zero-order valence-electron chi connectivity index (χ0n) is 29.4. The van der Waals surface area contributed by atoms with Gasteiger partial charge in [0, 0.05) is 27.1 Å². The van der Waals surface area contributed by atoms with E-state index >= 15 is 0 Å². The fourth-order valence-corrected chi connectivity index (χ4v) is 8.77. The Bertz CT molecular complexity index is 2970. The molecule has 250 valence electrons. The van der Waals surface area contributed by atoms with E-state index in [1.54, 1.807) is 0 Å². The SMILES string of the molecule is C=C(/C=C\C=C/C)C1(c2ccccc2)c2ccccc2-c2c1ccc1c2ccc2c3ccccc3n(-c3nc(-c4ccccc4)c4ccccc4n3)c12. The van der Waals surface area contributed by atoms with E-state index in [1.165, 1.54) is 44.0 Å². The first-order valence-electron chi connectivity index (χ1n) is 18.2.